The van der Waals surface area contributed by atoms with E-state index in [1.54, 1.807) is 4.90 Å². The van der Waals surface area contributed by atoms with Gasteiger partial charge in [0.15, 0.2) is 0 Å². The first-order chi connectivity index (χ1) is 9.90. The van der Waals surface area contributed by atoms with E-state index < -0.39 is 6.04 Å². The van der Waals surface area contributed by atoms with E-state index in [0.717, 1.165) is 9.75 Å². The summed E-state index contributed by atoms with van der Waals surface area (Å²) < 4.78 is 0. The lowest BCUT2D eigenvalue weighted by atomic mass is 10.0. The van der Waals surface area contributed by atoms with E-state index in [1.807, 2.05) is 37.8 Å². The summed E-state index contributed by atoms with van der Waals surface area (Å²) in [4.78, 5) is 30.0. The third-order valence-electron chi connectivity index (χ3n) is 3.83. The van der Waals surface area contributed by atoms with Crippen LogP contribution in [0.2, 0.25) is 0 Å². The van der Waals surface area contributed by atoms with Gasteiger partial charge in [-0.05, 0) is 25.0 Å². The smallest absolute Gasteiger partial charge is 0.264 e. The maximum Gasteiger partial charge on any atom is 0.264 e. The summed E-state index contributed by atoms with van der Waals surface area (Å²) in [6.45, 7) is 8.16. The van der Waals surface area contributed by atoms with Gasteiger partial charge >= 0.3 is 0 Å². The van der Waals surface area contributed by atoms with Gasteiger partial charge in [0.05, 0.1) is 10.9 Å². The molecule has 0 saturated carbocycles. The van der Waals surface area contributed by atoms with E-state index >= 15 is 0 Å². The van der Waals surface area contributed by atoms with E-state index in [0.29, 0.717) is 26.2 Å². The molecular weight excluding hydrogens is 286 g/mol. The number of nitrogens with zero attached hydrogens (tertiary/aromatic N) is 2. The molecule has 2 rings (SSSR count). The second-order valence-electron chi connectivity index (χ2n) is 5.80. The van der Waals surface area contributed by atoms with Crippen LogP contribution in [0, 0.1) is 12.8 Å². The monoisotopic (exact) mass is 309 g/mol. The molecule has 0 unspecified atom stereocenters. The molecule has 0 aromatic carbocycles. The predicted molar refractivity (Wildman–Crippen MR) is 84.4 cm³/mol. The fraction of sp³-hybridized carbons (Fsp3) is 0.600. The van der Waals surface area contributed by atoms with Gasteiger partial charge in [0.1, 0.15) is 0 Å². The van der Waals surface area contributed by atoms with Gasteiger partial charge in [-0.1, -0.05) is 13.8 Å². The van der Waals surface area contributed by atoms with Crippen molar-refractivity contribution in [2.24, 2.45) is 11.7 Å². The van der Waals surface area contributed by atoms with Crippen LogP contribution in [-0.2, 0) is 4.79 Å². The molecule has 2 N–H and O–H groups in total. The van der Waals surface area contributed by atoms with Crippen LogP contribution >= 0.6 is 11.3 Å². The number of nitrogens with two attached hydrogens (primary N) is 1. The molecule has 6 heteroatoms. The van der Waals surface area contributed by atoms with Gasteiger partial charge in [-0.3, -0.25) is 9.59 Å². The Bertz CT molecular complexity index is 519. The molecule has 1 saturated heterocycles. The van der Waals surface area contributed by atoms with Crippen LogP contribution in [0.15, 0.2) is 12.1 Å². The molecule has 1 aromatic rings. The third-order valence-corrected chi connectivity index (χ3v) is 4.82. The molecule has 1 aliphatic rings. The summed E-state index contributed by atoms with van der Waals surface area (Å²) in [5.74, 6) is 0.184. The summed E-state index contributed by atoms with van der Waals surface area (Å²) >= 11 is 1.51. The van der Waals surface area contributed by atoms with E-state index in [-0.39, 0.29) is 17.7 Å². The zero-order chi connectivity index (χ0) is 15.6. The minimum Gasteiger partial charge on any atom is -0.338 e. The van der Waals surface area contributed by atoms with Crippen molar-refractivity contribution in [3.8, 4) is 0 Å². The number of rotatable bonds is 3. The molecule has 0 bridgehead atoms. The first-order valence-electron chi connectivity index (χ1n) is 7.30. The third kappa shape index (κ3) is 3.63. The van der Waals surface area contributed by atoms with Crippen molar-refractivity contribution in [2.45, 2.75) is 26.8 Å². The lowest BCUT2D eigenvalue weighted by molar-refractivity contribution is -0.135. The largest absolute Gasteiger partial charge is 0.338 e. The first-order valence-corrected chi connectivity index (χ1v) is 8.12. The second-order valence-corrected chi connectivity index (χ2v) is 7.09. The highest BCUT2D eigenvalue weighted by Crippen LogP contribution is 2.18. The van der Waals surface area contributed by atoms with E-state index in [9.17, 15) is 9.59 Å². The number of carbonyl (C=O) groups excluding carboxylic acids is 2. The molecule has 1 aliphatic heterocycles. The van der Waals surface area contributed by atoms with Crippen molar-refractivity contribution in [3.63, 3.8) is 0 Å². The van der Waals surface area contributed by atoms with Gasteiger partial charge in [0.2, 0.25) is 5.91 Å². The van der Waals surface area contributed by atoms with Crippen LogP contribution in [0.4, 0.5) is 0 Å². The molecule has 2 heterocycles. The summed E-state index contributed by atoms with van der Waals surface area (Å²) in [6, 6.07) is 3.38. The Kier molecular flexibility index (Phi) is 5.00. The standard InChI is InChI=1S/C15H23N3O2S/c1-10(2)13(16)15(20)18-8-6-17(7-9-18)14(19)12-5-4-11(3)21-12/h4-5,10,13H,6-9,16H2,1-3H3/t13-/m0/s1. The first kappa shape index (κ1) is 16.0. The Hall–Kier alpha value is -1.40. The molecule has 1 aromatic heterocycles. The van der Waals surface area contributed by atoms with Crippen LogP contribution in [0.1, 0.15) is 28.4 Å². The molecular formula is C15H23N3O2S. The minimum atomic E-state index is -0.452. The van der Waals surface area contributed by atoms with Gasteiger partial charge in [0.25, 0.3) is 5.91 Å². The fourth-order valence-electron chi connectivity index (χ4n) is 2.33. The number of thiophene rings is 1. The number of piperazine rings is 1. The molecule has 0 spiro atoms. The zero-order valence-corrected chi connectivity index (χ0v) is 13.7. The molecule has 116 valence electrons. The molecule has 5 nitrogen and oxygen atoms in total. The fourth-order valence-corrected chi connectivity index (χ4v) is 3.17. The Morgan fingerprint density at radius 1 is 1.14 bits per heavy atom. The van der Waals surface area contributed by atoms with Crippen molar-refractivity contribution in [1.82, 2.24) is 9.80 Å². The number of carbonyl (C=O) groups is 2. The van der Waals surface area contributed by atoms with Gasteiger partial charge in [-0.15, -0.1) is 11.3 Å². The quantitative estimate of drug-likeness (QED) is 0.916. The van der Waals surface area contributed by atoms with Crippen LogP contribution < -0.4 is 5.73 Å². The van der Waals surface area contributed by atoms with Gasteiger partial charge in [0, 0.05) is 31.1 Å². The summed E-state index contributed by atoms with van der Waals surface area (Å²) in [7, 11) is 0. The SMILES string of the molecule is Cc1ccc(C(=O)N2CCN(C(=O)[C@@H](N)C(C)C)CC2)s1. The van der Waals surface area contributed by atoms with Gasteiger partial charge in [-0.25, -0.2) is 0 Å². The zero-order valence-electron chi connectivity index (χ0n) is 12.8. The number of aryl methyl sites for hydroxylation is 1. The van der Waals surface area contributed by atoms with E-state index in [2.05, 4.69) is 0 Å². The highest BCUT2D eigenvalue weighted by atomic mass is 32.1. The molecule has 0 aliphatic carbocycles. The lowest BCUT2D eigenvalue weighted by Crippen LogP contribution is -2.55. The summed E-state index contributed by atoms with van der Waals surface area (Å²) in [5.41, 5.74) is 5.91. The summed E-state index contributed by atoms with van der Waals surface area (Å²) in [6.07, 6.45) is 0. The molecule has 2 amide bonds. The maximum absolute atomic E-state index is 12.3. The molecule has 21 heavy (non-hydrogen) atoms. The summed E-state index contributed by atoms with van der Waals surface area (Å²) in [5, 5.41) is 0. The number of amides is 2. The van der Waals surface area contributed by atoms with Crippen LogP contribution in [-0.4, -0.2) is 53.8 Å². The average Bonchev–Trinajstić information content (AvgIpc) is 2.91. The Morgan fingerprint density at radius 3 is 2.19 bits per heavy atom. The molecule has 1 atom stereocenters. The predicted octanol–water partition coefficient (Wildman–Crippen LogP) is 1.32. The Labute approximate surface area is 129 Å². The van der Waals surface area contributed by atoms with Crippen molar-refractivity contribution in [3.05, 3.63) is 21.9 Å². The minimum absolute atomic E-state index is 0.0101. The number of hydrogen-bond donors (Lipinski definition) is 1. The van der Waals surface area contributed by atoms with Crippen LogP contribution in [0.25, 0.3) is 0 Å². The number of hydrogen-bond acceptors (Lipinski definition) is 4. The highest BCUT2D eigenvalue weighted by Gasteiger charge is 2.29. The van der Waals surface area contributed by atoms with Crippen molar-refractivity contribution >= 4 is 23.2 Å². The molecule has 1 fully saturated rings. The normalized spacial score (nSPS) is 17.2. The molecule has 0 radical (unpaired) electrons. The topological polar surface area (TPSA) is 66.6 Å². The van der Waals surface area contributed by atoms with Crippen molar-refractivity contribution in [2.75, 3.05) is 26.2 Å². The van der Waals surface area contributed by atoms with Gasteiger partial charge < -0.3 is 15.5 Å². The van der Waals surface area contributed by atoms with Crippen molar-refractivity contribution in [1.29, 1.82) is 0 Å². The van der Waals surface area contributed by atoms with Crippen LogP contribution in [0.3, 0.4) is 0 Å². The van der Waals surface area contributed by atoms with E-state index in [4.69, 9.17) is 5.73 Å². The van der Waals surface area contributed by atoms with Gasteiger partial charge in [-0.2, -0.15) is 0 Å². The van der Waals surface area contributed by atoms with E-state index in [1.165, 1.54) is 11.3 Å². The Balaban J connectivity index is 1.91. The lowest BCUT2D eigenvalue weighted by Gasteiger charge is -2.36. The Morgan fingerprint density at radius 2 is 1.71 bits per heavy atom. The second kappa shape index (κ2) is 6.58. The average molecular weight is 309 g/mol. The maximum atomic E-state index is 12.3. The van der Waals surface area contributed by atoms with Crippen molar-refractivity contribution < 1.29 is 9.59 Å². The highest BCUT2D eigenvalue weighted by molar-refractivity contribution is 7.13. The van der Waals surface area contributed by atoms with Crippen LogP contribution in [0.5, 0.6) is 0 Å².